The van der Waals surface area contributed by atoms with Gasteiger partial charge in [-0.05, 0) is 121 Å². The standard InChI is InChI=1S/C43H33BO4S/c1-42(2)43(3,4)48-44(47-42)32-12-8-11-28(22-32)30-17-20-40-36(24-30)35-23-29(16-19-39(35)49-40)26-9-7-10-27(21-26)31-15-18-34-38(25-31)46-37-14-6-5-13-33(37)41(34)45/h5-25H,1-4H3. The first-order valence-corrected chi connectivity index (χ1v) is 17.4. The lowest BCUT2D eigenvalue weighted by atomic mass is 9.78. The van der Waals surface area contributed by atoms with Crippen LogP contribution in [0.5, 0.6) is 0 Å². The molecule has 4 nitrogen and oxygen atoms in total. The molecule has 0 bridgehead atoms. The summed E-state index contributed by atoms with van der Waals surface area (Å²) in [6.07, 6.45) is 0. The molecule has 0 amide bonds. The maximum absolute atomic E-state index is 13.1. The molecule has 0 saturated carbocycles. The highest BCUT2D eigenvalue weighted by atomic mass is 32.1. The first-order chi connectivity index (χ1) is 23.6. The van der Waals surface area contributed by atoms with E-state index in [2.05, 4.69) is 113 Å². The third-order valence-electron chi connectivity index (χ3n) is 10.3. The van der Waals surface area contributed by atoms with Crippen LogP contribution in [0.2, 0.25) is 0 Å². The van der Waals surface area contributed by atoms with E-state index in [1.807, 2.05) is 53.8 Å². The number of benzene rings is 6. The zero-order chi connectivity index (χ0) is 33.5. The average molecular weight is 657 g/mol. The normalized spacial score (nSPS) is 15.6. The van der Waals surface area contributed by atoms with E-state index in [4.69, 9.17) is 13.7 Å². The lowest BCUT2D eigenvalue weighted by molar-refractivity contribution is 0.00578. The van der Waals surface area contributed by atoms with Crippen LogP contribution in [0.3, 0.4) is 0 Å². The maximum Gasteiger partial charge on any atom is 0.494 e. The van der Waals surface area contributed by atoms with Crippen LogP contribution in [-0.4, -0.2) is 18.3 Å². The molecule has 49 heavy (non-hydrogen) atoms. The van der Waals surface area contributed by atoms with Crippen molar-refractivity contribution in [2.24, 2.45) is 0 Å². The highest BCUT2D eigenvalue weighted by Crippen LogP contribution is 2.40. The van der Waals surface area contributed by atoms with E-state index in [0.717, 1.165) is 38.8 Å². The quantitative estimate of drug-likeness (QED) is 0.140. The Kier molecular flexibility index (Phi) is 6.76. The first kappa shape index (κ1) is 30.1. The molecule has 0 aliphatic carbocycles. The number of hydrogen-bond acceptors (Lipinski definition) is 5. The molecular formula is C43H33BO4S. The van der Waals surface area contributed by atoms with Gasteiger partial charge in [-0.3, -0.25) is 4.79 Å². The molecule has 3 heterocycles. The highest BCUT2D eigenvalue weighted by Gasteiger charge is 2.51. The topological polar surface area (TPSA) is 48.7 Å². The molecule has 1 aliphatic rings. The lowest BCUT2D eigenvalue weighted by Gasteiger charge is -2.32. The zero-order valence-corrected chi connectivity index (χ0v) is 28.6. The Morgan fingerprint density at radius 1 is 0.490 bits per heavy atom. The van der Waals surface area contributed by atoms with Gasteiger partial charge in [-0.2, -0.15) is 0 Å². The summed E-state index contributed by atoms with van der Waals surface area (Å²) in [5, 5.41) is 3.68. The molecule has 8 aromatic rings. The van der Waals surface area contributed by atoms with Gasteiger partial charge in [0, 0.05) is 20.2 Å². The van der Waals surface area contributed by atoms with Gasteiger partial charge in [-0.25, -0.2) is 0 Å². The molecule has 1 aliphatic heterocycles. The second kappa shape index (κ2) is 11.0. The monoisotopic (exact) mass is 656 g/mol. The Morgan fingerprint density at radius 3 is 1.69 bits per heavy atom. The van der Waals surface area contributed by atoms with Gasteiger partial charge in [0.15, 0.2) is 0 Å². The molecule has 6 heteroatoms. The number of rotatable bonds is 4. The minimum Gasteiger partial charge on any atom is -0.456 e. The Morgan fingerprint density at radius 2 is 1.02 bits per heavy atom. The summed E-state index contributed by atoms with van der Waals surface area (Å²) in [5.74, 6) is 0. The van der Waals surface area contributed by atoms with Gasteiger partial charge in [-0.1, -0.05) is 72.8 Å². The summed E-state index contributed by atoms with van der Waals surface area (Å²) >= 11 is 1.82. The van der Waals surface area contributed by atoms with E-state index in [9.17, 15) is 4.79 Å². The third-order valence-corrected chi connectivity index (χ3v) is 11.5. The molecule has 0 spiro atoms. The Bertz CT molecular complexity index is 2650. The summed E-state index contributed by atoms with van der Waals surface area (Å²) in [5.41, 5.74) is 8.08. The second-order valence-electron chi connectivity index (χ2n) is 14.0. The van der Waals surface area contributed by atoms with E-state index in [0.29, 0.717) is 21.9 Å². The fourth-order valence-corrected chi connectivity index (χ4v) is 7.91. The van der Waals surface area contributed by atoms with Gasteiger partial charge < -0.3 is 13.7 Å². The minimum atomic E-state index is -0.401. The predicted molar refractivity (Wildman–Crippen MR) is 205 cm³/mol. The van der Waals surface area contributed by atoms with Crippen LogP contribution < -0.4 is 10.9 Å². The molecule has 238 valence electrons. The molecule has 2 aromatic heterocycles. The summed E-state index contributed by atoms with van der Waals surface area (Å²) in [4.78, 5) is 13.1. The van der Waals surface area contributed by atoms with Crippen molar-refractivity contribution < 1.29 is 13.7 Å². The minimum absolute atomic E-state index is 0.00534. The van der Waals surface area contributed by atoms with Crippen molar-refractivity contribution >= 4 is 66.0 Å². The number of fused-ring (bicyclic) bond motifs is 5. The van der Waals surface area contributed by atoms with Crippen molar-refractivity contribution in [2.45, 2.75) is 38.9 Å². The van der Waals surface area contributed by atoms with Gasteiger partial charge >= 0.3 is 7.12 Å². The molecule has 0 N–H and O–H groups in total. The summed E-state index contributed by atoms with van der Waals surface area (Å²) < 4.78 is 21.4. The summed E-state index contributed by atoms with van der Waals surface area (Å²) in [6, 6.07) is 43.8. The van der Waals surface area contributed by atoms with Crippen molar-refractivity contribution in [2.75, 3.05) is 0 Å². The molecule has 0 radical (unpaired) electrons. The SMILES string of the molecule is CC1(C)OB(c2cccc(-c3ccc4sc5ccc(-c6cccc(-c7ccc8c(=O)c9ccccc9oc8c7)c6)cc5c4c3)c2)OC1(C)C. The Balaban J connectivity index is 1.07. The van der Waals surface area contributed by atoms with Gasteiger partial charge in [0.25, 0.3) is 0 Å². The molecule has 0 unspecified atom stereocenters. The van der Waals surface area contributed by atoms with Gasteiger partial charge in [0.05, 0.1) is 22.0 Å². The van der Waals surface area contributed by atoms with Gasteiger partial charge in [0.2, 0.25) is 5.43 Å². The van der Waals surface area contributed by atoms with Crippen molar-refractivity contribution in [1.29, 1.82) is 0 Å². The fourth-order valence-electron chi connectivity index (χ4n) is 6.84. The summed E-state index contributed by atoms with van der Waals surface area (Å²) in [7, 11) is -0.401. The van der Waals surface area contributed by atoms with Crippen molar-refractivity contribution in [1.82, 2.24) is 0 Å². The molecule has 1 fully saturated rings. The molecule has 6 aromatic carbocycles. The number of hydrogen-bond donors (Lipinski definition) is 0. The molecule has 9 rings (SSSR count). The van der Waals surface area contributed by atoms with Crippen LogP contribution in [0.1, 0.15) is 27.7 Å². The first-order valence-electron chi connectivity index (χ1n) is 16.6. The van der Waals surface area contributed by atoms with E-state index < -0.39 is 7.12 Å². The predicted octanol–water partition coefficient (Wildman–Crippen LogP) is 10.6. The van der Waals surface area contributed by atoms with E-state index in [1.54, 1.807) is 0 Å². The Labute approximate surface area is 288 Å². The van der Waals surface area contributed by atoms with E-state index in [1.165, 1.54) is 20.2 Å². The fraction of sp³-hybridized carbons (Fsp3) is 0.140. The molecule has 0 atom stereocenters. The highest BCUT2D eigenvalue weighted by molar-refractivity contribution is 7.25. The van der Waals surface area contributed by atoms with Crippen molar-refractivity contribution in [3.8, 4) is 33.4 Å². The third kappa shape index (κ3) is 5.02. The number of para-hydroxylation sites is 1. The van der Waals surface area contributed by atoms with Crippen LogP contribution >= 0.6 is 11.3 Å². The smallest absolute Gasteiger partial charge is 0.456 e. The van der Waals surface area contributed by atoms with Crippen LogP contribution in [-0.2, 0) is 9.31 Å². The van der Waals surface area contributed by atoms with Crippen LogP contribution in [0.25, 0.3) is 75.5 Å². The lowest BCUT2D eigenvalue weighted by Crippen LogP contribution is -2.41. The average Bonchev–Trinajstić information content (AvgIpc) is 3.59. The maximum atomic E-state index is 13.1. The number of thiophene rings is 1. The van der Waals surface area contributed by atoms with Crippen molar-refractivity contribution in [3.05, 3.63) is 138 Å². The summed E-state index contributed by atoms with van der Waals surface area (Å²) in [6.45, 7) is 8.34. The van der Waals surface area contributed by atoms with Crippen LogP contribution in [0, 0.1) is 0 Å². The molecule has 1 saturated heterocycles. The molecular weight excluding hydrogens is 623 g/mol. The van der Waals surface area contributed by atoms with E-state index in [-0.39, 0.29) is 16.6 Å². The van der Waals surface area contributed by atoms with E-state index >= 15 is 0 Å². The van der Waals surface area contributed by atoms with Crippen LogP contribution in [0.15, 0.2) is 137 Å². The van der Waals surface area contributed by atoms with Crippen LogP contribution in [0.4, 0.5) is 0 Å². The van der Waals surface area contributed by atoms with Crippen molar-refractivity contribution in [3.63, 3.8) is 0 Å². The second-order valence-corrected chi connectivity index (χ2v) is 15.0. The van der Waals surface area contributed by atoms with Gasteiger partial charge in [0.1, 0.15) is 11.2 Å². The van der Waals surface area contributed by atoms with Gasteiger partial charge in [-0.15, -0.1) is 11.3 Å². The zero-order valence-electron chi connectivity index (χ0n) is 27.7. The Hall–Kier alpha value is -5.01. The largest absolute Gasteiger partial charge is 0.494 e.